The Morgan fingerprint density at radius 1 is 1.19 bits per heavy atom. The lowest BCUT2D eigenvalue weighted by atomic mass is 9.96. The molecular weight excluding hydrogens is 358 g/mol. The molecule has 0 aliphatic carbocycles. The molecule has 2 unspecified atom stereocenters. The highest BCUT2D eigenvalue weighted by Gasteiger charge is 2.47. The van der Waals surface area contributed by atoms with Crippen molar-refractivity contribution in [2.75, 3.05) is 13.7 Å². The van der Waals surface area contributed by atoms with Gasteiger partial charge in [0.1, 0.15) is 24.0 Å². The molecule has 2 rings (SSSR count). The Labute approximate surface area is 157 Å². The molecule has 0 saturated carbocycles. The highest BCUT2D eigenvalue weighted by atomic mass is 16.6. The fourth-order valence-corrected chi connectivity index (χ4v) is 2.81. The fourth-order valence-electron chi connectivity index (χ4n) is 2.81. The van der Waals surface area contributed by atoms with E-state index in [1.807, 2.05) is 12.1 Å². The largest absolute Gasteiger partial charge is 0.497 e. The molecule has 5 atom stereocenters. The smallest absolute Gasteiger partial charge is 0.303 e. The third-order valence-electron chi connectivity index (χ3n) is 4.07. The molecule has 1 heterocycles. The second-order valence-electron chi connectivity index (χ2n) is 6.22. The molecule has 0 bridgehead atoms. The van der Waals surface area contributed by atoms with Gasteiger partial charge in [0.15, 0.2) is 12.4 Å². The van der Waals surface area contributed by atoms with E-state index in [0.717, 1.165) is 11.3 Å². The highest BCUT2D eigenvalue weighted by Crippen LogP contribution is 2.23. The van der Waals surface area contributed by atoms with Crippen LogP contribution in [0.1, 0.15) is 19.4 Å². The first kappa shape index (κ1) is 21.1. The van der Waals surface area contributed by atoms with Gasteiger partial charge in [-0.3, -0.25) is 9.59 Å². The van der Waals surface area contributed by atoms with Gasteiger partial charge in [-0.15, -0.1) is 0 Å². The van der Waals surface area contributed by atoms with Crippen molar-refractivity contribution < 1.29 is 38.7 Å². The molecule has 0 radical (unpaired) electrons. The molecule has 27 heavy (non-hydrogen) atoms. The number of ether oxygens (including phenoxy) is 4. The van der Waals surface area contributed by atoms with Crippen LogP contribution < -0.4 is 10.1 Å². The first-order valence-corrected chi connectivity index (χ1v) is 8.48. The van der Waals surface area contributed by atoms with E-state index < -0.39 is 42.5 Å². The highest BCUT2D eigenvalue weighted by molar-refractivity contribution is 5.73. The lowest BCUT2D eigenvalue weighted by molar-refractivity contribution is -0.261. The Morgan fingerprint density at radius 3 is 2.41 bits per heavy atom. The number of carbonyl (C=O) groups is 2. The SMILES string of the molecule is COc1ccc(COCC2O[C@@H](O)C(NC(C)=O)[C@@H](OC(C)=O)[C@@H]2O)cc1. The third-order valence-corrected chi connectivity index (χ3v) is 4.07. The standard InChI is InChI=1S/C18H25NO8/c1-10(20)19-15-17(26-11(2)21)16(22)14(27-18(15)23)9-25-8-12-4-6-13(24-3)7-5-12/h4-7,14-18,22-23H,8-9H2,1-3H3,(H,19,20)/t14?,15?,16-,17-,18-/m1/s1. The van der Waals surface area contributed by atoms with Crippen LogP contribution in [0.3, 0.4) is 0 Å². The van der Waals surface area contributed by atoms with Gasteiger partial charge in [0.05, 0.1) is 20.3 Å². The van der Waals surface area contributed by atoms with Gasteiger partial charge in [-0.25, -0.2) is 0 Å². The van der Waals surface area contributed by atoms with Crippen LogP contribution in [-0.2, 0) is 30.4 Å². The van der Waals surface area contributed by atoms with Gasteiger partial charge in [-0.2, -0.15) is 0 Å². The number of methoxy groups -OCH3 is 1. The summed E-state index contributed by atoms with van der Waals surface area (Å²) in [5.74, 6) is -0.385. The number of aliphatic hydroxyl groups is 2. The Bertz CT molecular complexity index is 635. The van der Waals surface area contributed by atoms with Gasteiger partial charge in [-0.1, -0.05) is 12.1 Å². The fraction of sp³-hybridized carbons (Fsp3) is 0.556. The van der Waals surface area contributed by atoms with Crippen LogP contribution in [0.5, 0.6) is 5.75 Å². The predicted octanol–water partition coefficient (Wildman–Crippen LogP) is -0.274. The predicted molar refractivity (Wildman–Crippen MR) is 92.7 cm³/mol. The molecule has 1 saturated heterocycles. The number of benzene rings is 1. The molecule has 1 aromatic rings. The van der Waals surface area contributed by atoms with Crippen molar-refractivity contribution in [3.8, 4) is 5.75 Å². The number of hydrogen-bond donors (Lipinski definition) is 3. The molecule has 1 aliphatic rings. The van der Waals surface area contributed by atoms with E-state index in [1.165, 1.54) is 13.8 Å². The average Bonchev–Trinajstić information content (AvgIpc) is 2.62. The van der Waals surface area contributed by atoms with Gasteiger partial charge in [0, 0.05) is 13.8 Å². The number of amides is 1. The number of rotatable bonds is 7. The Kier molecular flexibility index (Phi) is 7.55. The zero-order chi connectivity index (χ0) is 20.0. The Hall–Kier alpha value is -2.20. The lowest BCUT2D eigenvalue weighted by Crippen LogP contribution is -2.65. The first-order chi connectivity index (χ1) is 12.8. The second kappa shape index (κ2) is 9.65. The summed E-state index contributed by atoms with van der Waals surface area (Å²) in [5, 5.41) is 23.1. The van der Waals surface area contributed by atoms with Gasteiger partial charge >= 0.3 is 5.97 Å². The van der Waals surface area contributed by atoms with E-state index in [9.17, 15) is 19.8 Å². The van der Waals surface area contributed by atoms with E-state index in [1.54, 1.807) is 19.2 Å². The summed E-state index contributed by atoms with van der Waals surface area (Å²) < 4.78 is 21.1. The van der Waals surface area contributed by atoms with E-state index in [0.29, 0.717) is 0 Å². The topological polar surface area (TPSA) is 124 Å². The average molecular weight is 383 g/mol. The summed E-state index contributed by atoms with van der Waals surface area (Å²) in [6.45, 7) is 2.62. The minimum atomic E-state index is -1.46. The minimum absolute atomic E-state index is 0.0468. The summed E-state index contributed by atoms with van der Waals surface area (Å²) in [6, 6.07) is 6.17. The number of aliphatic hydroxyl groups excluding tert-OH is 2. The van der Waals surface area contributed by atoms with Crippen molar-refractivity contribution in [1.29, 1.82) is 0 Å². The molecule has 1 fully saturated rings. The maximum atomic E-state index is 11.3. The molecule has 1 aliphatic heterocycles. The quantitative estimate of drug-likeness (QED) is 0.550. The number of nitrogens with one attached hydrogen (secondary N) is 1. The lowest BCUT2D eigenvalue weighted by Gasteiger charge is -2.42. The molecule has 150 valence electrons. The summed E-state index contributed by atoms with van der Waals surface area (Å²) >= 11 is 0. The molecule has 1 amide bonds. The van der Waals surface area contributed by atoms with E-state index >= 15 is 0 Å². The molecule has 0 aromatic heterocycles. The van der Waals surface area contributed by atoms with Crippen LogP contribution in [0, 0.1) is 0 Å². The first-order valence-electron chi connectivity index (χ1n) is 8.48. The third kappa shape index (κ3) is 5.90. The molecule has 3 N–H and O–H groups in total. The Balaban J connectivity index is 1.97. The molecule has 0 spiro atoms. The summed E-state index contributed by atoms with van der Waals surface area (Å²) in [5.41, 5.74) is 0.884. The van der Waals surface area contributed by atoms with Crippen molar-refractivity contribution in [3.63, 3.8) is 0 Å². The maximum Gasteiger partial charge on any atom is 0.303 e. The molecule has 9 heteroatoms. The molecule has 1 aromatic carbocycles. The molecule has 9 nitrogen and oxygen atoms in total. The van der Waals surface area contributed by atoms with Crippen LogP contribution in [-0.4, -0.2) is 66.4 Å². The van der Waals surface area contributed by atoms with Gasteiger partial charge in [-0.05, 0) is 17.7 Å². The minimum Gasteiger partial charge on any atom is -0.497 e. The summed E-state index contributed by atoms with van der Waals surface area (Å²) in [6.07, 6.45) is -4.85. The summed E-state index contributed by atoms with van der Waals surface area (Å²) in [4.78, 5) is 22.7. The van der Waals surface area contributed by atoms with Crippen LogP contribution >= 0.6 is 0 Å². The van der Waals surface area contributed by atoms with Gasteiger partial charge in [0.25, 0.3) is 0 Å². The van der Waals surface area contributed by atoms with Crippen molar-refractivity contribution in [3.05, 3.63) is 29.8 Å². The van der Waals surface area contributed by atoms with Crippen molar-refractivity contribution >= 4 is 11.9 Å². The van der Waals surface area contributed by atoms with Gasteiger partial charge in [0.2, 0.25) is 5.91 Å². The number of esters is 1. The van der Waals surface area contributed by atoms with Crippen molar-refractivity contribution in [2.45, 2.75) is 51.1 Å². The summed E-state index contributed by atoms with van der Waals surface area (Å²) in [7, 11) is 1.58. The number of hydrogen-bond acceptors (Lipinski definition) is 8. The van der Waals surface area contributed by atoms with Crippen molar-refractivity contribution in [1.82, 2.24) is 5.32 Å². The van der Waals surface area contributed by atoms with E-state index in [-0.39, 0.29) is 13.2 Å². The van der Waals surface area contributed by atoms with Crippen LogP contribution in [0.25, 0.3) is 0 Å². The molecular formula is C18H25NO8. The second-order valence-corrected chi connectivity index (χ2v) is 6.22. The van der Waals surface area contributed by atoms with Gasteiger partial charge < -0.3 is 34.5 Å². The maximum absolute atomic E-state index is 11.3. The van der Waals surface area contributed by atoms with E-state index in [2.05, 4.69) is 5.32 Å². The monoisotopic (exact) mass is 383 g/mol. The normalized spacial score (nSPS) is 27.7. The van der Waals surface area contributed by atoms with Crippen LogP contribution in [0.15, 0.2) is 24.3 Å². The van der Waals surface area contributed by atoms with Crippen LogP contribution in [0.2, 0.25) is 0 Å². The Morgan fingerprint density at radius 2 is 1.85 bits per heavy atom. The van der Waals surface area contributed by atoms with Crippen LogP contribution in [0.4, 0.5) is 0 Å². The van der Waals surface area contributed by atoms with Crippen molar-refractivity contribution in [2.24, 2.45) is 0 Å². The number of carbonyl (C=O) groups excluding carboxylic acids is 2. The van der Waals surface area contributed by atoms with E-state index in [4.69, 9.17) is 18.9 Å². The zero-order valence-corrected chi connectivity index (χ0v) is 15.5. The zero-order valence-electron chi connectivity index (χ0n) is 15.5.